The number of hydrogen-bond donors (Lipinski definition) is 2. The van der Waals surface area contributed by atoms with Crippen molar-refractivity contribution < 1.29 is 19.0 Å². The molecule has 2 aromatic rings. The predicted octanol–water partition coefficient (Wildman–Crippen LogP) is 2.69. The number of methoxy groups -OCH3 is 1. The molecule has 0 aliphatic carbocycles. The van der Waals surface area contributed by atoms with Gasteiger partial charge in [0.25, 0.3) is 5.91 Å². The van der Waals surface area contributed by atoms with E-state index in [0.29, 0.717) is 16.9 Å². The zero-order chi connectivity index (χ0) is 16.1. The quantitative estimate of drug-likeness (QED) is 0.893. The van der Waals surface area contributed by atoms with Gasteiger partial charge in [-0.25, -0.2) is 4.39 Å². The van der Waals surface area contributed by atoms with Gasteiger partial charge in [0.05, 0.1) is 19.3 Å². The van der Waals surface area contributed by atoms with E-state index < -0.39 is 12.1 Å². The molecule has 0 radical (unpaired) electrons. The Hall–Kier alpha value is -2.40. The molecule has 0 fully saturated rings. The van der Waals surface area contributed by atoms with Gasteiger partial charge in [0, 0.05) is 5.56 Å². The predicted molar refractivity (Wildman–Crippen MR) is 81.3 cm³/mol. The summed E-state index contributed by atoms with van der Waals surface area (Å²) in [4.78, 5) is 12.2. The topological polar surface area (TPSA) is 58.6 Å². The molecule has 2 aromatic carbocycles. The summed E-state index contributed by atoms with van der Waals surface area (Å²) in [6, 6.07) is 11.8. The van der Waals surface area contributed by atoms with Crippen molar-refractivity contribution >= 4 is 5.91 Å². The summed E-state index contributed by atoms with van der Waals surface area (Å²) in [5.74, 6) is -0.101. The van der Waals surface area contributed by atoms with E-state index in [2.05, 4.69) is 5.32 Å². The number of aliphatic hydroxyl groups is 1. The van der Waals surface area contributed by atoms with Crippen LogP contribution in [0.1, 0.15) is 28.9 Å². The average Bonchev–Trinajstić information content (AvgIpc) is 2.54. The van der Waals surface area contributed by atoms with Crippen LogP contribution in [-0.2, 0) is 0 Å². The van der Waals surface area contributed by atoms with Gasteiger partial charge in [0.2, 0.25) is 0 Å². The molecular weight excluding hydrogens is 285 g/mol. The van der Waals surface area contributed by atoms with Crippen molar-refractivity contribution in [2.24, 2.45) is 0 Å². The lowest BCUT2D eigenvalue weighted by atomic mass is 10.0. The number of amides is 1. The Bertz CT molecular complexity index is 643. The summed E-state index contributed by atoms with van der Waals surface area (Å²) in [5.41, 5.74) is 0.984. The molecule has 2 atom stereocenters. The zero-order valence-electron chi connectivity index (χ0n) is 12.4. The van der Waals surface area contributed by atoms with E-state index in [-0.39, 0.29) is 11.7 Å². The van der Waals surface area contributed by atoms with Gasteiger partial charge in [-0.2, -0.15) is 0 Å². The van der Waals surface area contributed by atoms with Crippen molar-refractivity contribution in [3.63, 3.8) is 0 Å². The lowest BCUT2D eigenvalue weighted by Gasteiger charge is -2.20. The summed E-state index contributed by atoms with van der Waals surface area (Å²) in [7, 11) is 1.53. The van der Waals surface area contributed by atoms with Crippen molar-refractivity contribution in [2.75, 3.05) is 7.11 Å². The molecule has 4 nitrogen and oxygen atoms in total. The van der Waals surface area contributed by atoms with Crippen LogP contribution in [0.2, 0.25) is 0 Å². The summed E-state index contributed by atoms with van der Waals surface area (Å²) < 4.78 is 18.0. The maximum Gasteiger partial charge on any atom is 0.251 e. The molecule has 0 aliphatic heterocycles. The fourth-order valence-electron chi connectivity index (χ4n) is 2.08. The summed E-state index contributed by atoms with van der Waals surface area (Å²) >= 11 is 0. The fraction of sp³-hybridized carbons (Fsp3) is 0.235. The third kappa shape index (κ3) is 3.83. The van der Waals surface area contributed by atoms with Crippen molar-refractivity contribution in [3.8, 4) is 5.75 Å². The molecule has 0 bridgehead atoms. The Balaban J connectivity index is 2.05. The van der Waals surface area contributed by atoms with Crippen LogP contribution in [0, 0.1) is 5.82 Å². The van der Waals surface area contributed by atoms with E-state index in [4.69, 9.17) is 4.74 Å². The monoisotopic (exact) mass is 303 g/mol. The van der Waals surface area contributed by atoms with Crippen molar-refractivity contribution in [1.29, 1.82) is 0 Å². The third-order valence-corrected chi connectivity index (χ3v) is 3.38. The van der Waals surface area contributed by atoms with Gasteiger partial charge < -0.3 is 15.2 Å². The van der Waals surface area contributed by atoms with Crippen molar-refractivity contribution in [3.05, 3.63) is 65.5 Å². The van der Waals surface area contributed by atoms with Gasteiger partial charge in [-0.3, -0.25) is 4.79 Å². The minimum atomic E-state index is -0.921. The van der Waals surface area contributed by atoms with E-state index in [1.54, 1.807) is 31.2 Å². The molecule has 0 heterocycles. The molecule has 2 rings (SSSR count). The highest BCUT2D eigenvalue weighted by Crippen LogP contribution is 2.18. The molecule has 5 heteroatoms. The van der Waals surface area contributed by atoms with Gasteiger partial charge in [-0.05, 0) is 42.8 Å². The first kappa shape index (κ1) is 16.0. The van der Waals surface area contributed by atoms with Gasteiger partial charge >= 0.3 is 0 Å². The molecule has 0 aromatic heterocycles. The van der Waals surface area contributed by atoms with E-state index in [0.717, 1.165) is 0 Å². The van der Waals surface area contributed by atoms with Crippen LogP contribution < -0.4 is 10.1 Å². The number of carbonyl (C=O) groups is 1. The van der Waals surface area contributed by atoms with E-state index >= 15 is 0 Å². The minimum Gasteiger partial charge on any atom is -0.497 e. The van der Waals surface area contributed by atoms with E-state index in [9.17, 15) is 14.3 Å². The number of aliphatic hydroxyl groups excluding tert-OH is 1. The smallest absolute Gasteiger partial charge is 0.251 e. The second-order valence-corrected chi connectivity index (χ2v) is 4.99. The number of hydrogen-bond acceptors (Lipinski definition) is 3. The first-order chi connectivity index (χ1) is 10.5. The third-order valence-electron chi connectivity index (χ3n) is 3.38. The van der Waals surface area contributed by atoms with Crippen molar-refractivity contribution in [2.45, 2.75) is 19.1 Å². The SMILES string of the molecule is COc1cccc(C(=O)N[C@@H](C)[C@@H](O)c2ccc(F)cc2)c1. The molecule has 22 heavy (non-hydrogen) atoms. The number of rotatable bonds is 5. The van der Waals surface area contributed by atoms with Crippen LogP contribution in [0.5, 0.6) is 5.75 Å². The van der Waals surface area contributed by atoms with Crippen LogP contribution in [0.3, 0.4) is 0 Å². The second-order valence-electron chi connectivity index (χ2n) is 4.99. The van der Waals surface area contributed by atoms with Gasteiger partial charge in [-0.1, -0.05) is 18.2 Å². The highest BCUT2D eigenvalue weighted by atomic mass is 19.1. The highest BCUT2D eigenvalue weighted by molar-refractivity contribution is 5.94. The molecule has 0 aliphatic rings. The lowest BCUT2D eigenvalue weighted by Crippen LogP contribution is -2.37. The molecule has 0 saturated carbocycles. The number of benzene rings is 2. The molecule has 0 spiro atoms. The number of carbonyl (C=O) groups excluding carboxylic acids is 1. The Morgan fingerprint density at radius 1 is 1.23 bits per heavy atom. The first-order valence-electron chi connectivity index (χ1n) is 6.89. The summed E-state index contributed by atoms with van der Waals surface area (Å²) in [6.07, 6.45) is -0.921. The van der Waals surface area contributed by atoms with Gasteiger partial charge in [0.1, 0.15) is 11.6 Å². The van der Waals surface area contributed by atoms with Crippen LogP contribution >= 0.6 is 0 Å². The largest absolute Gasteiger partial charge is 0.497 e. The summed E-state index contributed by atoms with van der Waals surface area (Å²) in [6.45, 7) is 1.69. The first-order valence-corrected chi connectivity index (χ1v) is 6.89. The Kier molecular flexibility index (Phi) is 5.12. The number of nitrogens with one attached hydrogen (secondary N) is 1. The molecule has 0 saturated heterocycles. The molecule has 0 unspecified atom stereocenters. The normalized spacial score (nSPS) is 13.3. The number of ether oxygens (including phenoxy) is 1. The van der Waals surface area contributed by atoms with Crippen LogP contribution in [-0.4, -0.2) is 24.2 Å². The second kappa shape index (κ2) is 7.04. The van der Waals surface area contributed by atoms with Crippen LogP contribution in [0.15, 0.2) is 48.5 Å². The van der Waals surface area contributed by atoms with Crippen LogP contribution in [0.25, 0.3) is 0 Å². The molecular formula is C17H18FNO3. The molecule has 2 N–H and O–H groups in total. The Morgan fingerprint density at radius 3 is 2.55 bits per heavy atom. The molecule has 1 amide bonds. The Morgan fingerprint density at radius 2 is 1.91 bits per heavy atom. The van der Waals surface area contributed by atoms with Gasteiger partial charge in [0.15, 0.2) is 0 Å². The summed E-state index contributed by atoms with van der Waals surface area (Å²) in [5, 5.41) is 12.9. The highest BCUT2D eigenvalue weighted by Gasteiger charge is 2.19. The molecule has 116 valence electrons. The van der Waals surface area contributed by atoms with E-state index in [1.807, 2.05) is 0 Å². The maximum absolute atomic E-state index is 12.9. The average molecular weight is 303 g/mol. The van der Waals surface area contributed by atoms with E-state index in [1.165, 1.54) is 31.4 Å². The standard InChI is InChI=1S/C17H18FNO3/c1-11(16(20)12-6-8-14(18)9-7-12)19-17(21)13-4-3-5-15(10-13)22-2/h3-11,16,20H,1-2H3,(H,19,21)/t11-,16+/m0/s1. The van der Waals surface area contributed by atoms with Gasteiger partial charge in [-0.15, -0.1) is 0 Å². The van der Waals surface area contributed by atoms with Crippen LogP contribution in [0.4, 0.5) is 4.39 Å². The number of halogens is 1. The minimum absolute atomic E-state index is 0.312. The Labute approximate surface area is 128 Å². The van der Waals surface area contributed by atoms with Crippen molar-refractivity contribution in [1.82, 2.24) is 5.32 Å². The maximum atomic E-state index is 12.9. The fourth-order valence-corrected chi connectivity index (χ4v) is 2.08. The zero-order valence-corrected chi connectivity index (χ0v) is 12.4. The lowest BCUT2D eigenvalue weighted by molar-refractivity contribution is 0.0851.